The second kappa shape index (κ2) is 9.20. The number of nitrogens with two attached hydrogens (primary N) is 2. The van der Waals surface area contributed by atoms with Crippen LogP contribution in [0.5, 0.6) is 0 Å². The van der Waals surface area contributed by atoms with Crippen LogP contribution in [0.2, 0.25) is 0 Å². The number of fused-ring (bicyclic) bond motifs is 1. The summed E-state index contributed by atoms with van der Waals surface area (Å²) in [5.41, 5.74) is 13.8. The number of nitrogens with one attached hydrogen (secondary N) is 2. The van der Waals surface area contributed by atoms with Crippen LogP contribution >= 0.6 is 0 Å². The number of aromatic amines is 1. The van der Waals surface area contributed by atoms with Crippen molar-refractivity contribution in [3.63, 3.8) is 0 Å². The van der Waals surface area contributed by atoms with E-state index < -0.39 is 0 Å². The molecule has 8 nitrogen and oxygen atoms in total. The minimum Gasteiger partial charge on any atom is -0.370 e. The average molecular weight is 393 g/mol. The summed E-state index contributed by atoms with van der Waals surface area (Å²) < 4.78 is 1.56. The molecule has 152 valence electrons. The molecule has 0 amide bonds. The first kappa shape index (κ1) is 20.3. The van der Waals surface area contributed by atoms with E-state index in [0.717, 1.165) is 41.7 Å². The van der Waals surface area contributed by atoms with Gasteiger partial charge in [0.2, 0.25) is 0 Å². The number of aromatic nitrogens is 3. The van der Waals surface area contributed by atoms with Crippen molar-refractivity contribution in [1.29, 1.82) is 0 Å². The van der Waals surface area contributed by atoms with Crippen LogP contribution in [0, 0.1) is 0 Å². The van der Waals surface area contributed by atoms with E-state index in [0.29, 0.717) is 12.2 Å². The van der Waals surface area contributed by atoms with E-state index in [2.05, 4.69) is 33.8 Å². The van der Waals surface area contributed by atoms with E-state index in [1.165, 1.54) is 0 Å². The molecule has 3 rings (SSSR count). The maximum Gasteiger partial charge on any atom is 0.354 e. The predicted octanol–water partition coefficient (Wildman–Crippen LogP) is 1.76. The van der Waals surface area contributed by atoms with Crippen LogP contribution in [0.4, 0.5) is 0 Å². The van der Waals surface area contributed by atoms with Gasteiger partial charge in [0.25, 0.3) is 0 Å². The highest BCUT2D eigenvalue weighted by Crippen LogP contribution is 2.18. The van der Waals surface area contributed by atoms with Gasteiger partial charge in [-0.3, -0.25) is 9.56 Å². The van der Waals surface area contributed by atoms with Gasteiger partial charge in [0, 0.05) is 23.8 Å². The molecular formula is C21H27N7O. The van der Waals surface area contributed by atoms with Gasteiger partial charge in [-0.1, -0.05) is 25.1 Å². The minimum atomic E-state index is -0.312. The van der Waals surface area contributed by atoms with E-state index in [1.54, 1.807) is 4.57 Å². The van der Waals surface area contributed by atoms with Gasteiger partial charge in [-0.2, -0.15) is 4.98 Å². The molecule has 2 heterocycles. The van der Waals surface area contributed by atoms with Crippen molar-refractivity contribution in [3.05, 3.63) is 70.9 Å². The second-order valence-electron chi connectivity index (χ2n) is 6.76. The number of benzene rings is 1. The highest BCUT2D eigenvalue weighted by Gasteiger charge is 2.09. The van der Waals surface area contributed by atoms with Gasteiger partial charge >= 0.3 is 5.69 Å². The van der Waals surface area contributed by atoms with Gasteiger partial charge in [0.15, 0.2) is 5.96 Å². The van der Waals surface area contributed by atoms with E-state index in [9.17, 15) is 4.79 Å². The van der Waals surface area contributed by atoms with Crippen molar-refractivity contribution >= 4 is 17.0 Å². The highest BCUT2D eigenvalue weighted by molar-refractivity contribution is 5.76. The molecule has 29 heavy (non-hydrogen) atoms. The lowest BCUT2D eigenvalue weighted by molar-refractivity contribution is 0.601. The maximum absolute atomic E-state index is 12.4. The van der Waals surface area contributed by atoms with Crippen molar-refractivity contribution in [1.82, 2.24) is 19.9 Å². The first-order valence-corrected chi connectivity index (χ1v) is 9.64. The number of hydrogen-bond donors (Lipinski definition) is 4. The molecule has 6 N–H and O–H groups in total. The molecule has 0 bridgehead atoms. The summed E-state index contributed by atoms with van der Waals surface area (Å²) in [4.78, 5) is 23.7. The Morgan fingerprint density at radius 3 is 2.79 bits per heavy atom. The third kappa shape index (κ3) is 4.91. The number of rotatable bonds is 9. The molecule has 0 fully saturated rings. The monoisotopic (exact) mass is 393 g/mol. The molecule has 0 saturated carbocycles. The Morgan fingerprint density at radius 2 is 2.14 bits per heavy atom. The molecule has 3 aromatic rings. The largest absolute Gasteiger partial charge is 0.370 e. The number of aliphatic imine (C=N–C) groups is 1. The van der Waals surface area contributed by atoms with Gasteiger partial charge < -0.3 is 21.8 Å². The molecule has 0 aliphatic carbocycles. The third-order valence-corrected chi connectivity index (χ3v) is 4.70. The first-order valence-electron chi connectivity index (χ1n) is 9.64. The summed E-state index contributed by atoms with van der Waals surface area (Å²) in [6.07, 6.45) is 5.35. The van der Waals surface area contributed by atoms with Gasteiger partial charge in [-0.25, -0.2) is 4.79 Å². The van der Waals surface area contributed by atoms with Crippen molar-refractivity contribution < 1.29 is 0 Å². The molecule has 2 aromatic heterocycles. The fourth-order valence-corrected chi connectivity index (χ4v) is 3.15. The SMILES string of the molecule is C=CC(NCCCN=C(N)N)c1ccc(-n2cc3cc(CC)[nH]c3nc2=O)cc1. The lowest BCUT2D eigenvalue weighted by Gasteiger charge is -2.15. The van der Waals surface area contributed by atoms with Crippen LogP contribution in [0.15, 0.2) is 59.0 Å². The Morgan fingerprint density at radius 1 is 1.38 bits per heavy atom. The quantitative estimate of drug-likeness (QED) is 0.191. The number of H-pyrrole nitrogens is 1. The zero-order valence-corrected chi connectivity index (χ0v) is 16.6. The van der Waals surface area contributed by atoms with E-state index in [4.69, 9.17) is 11.5 Å². The second-order valence-corrected chi connectivity index (χ2v) is 6.76. The smallest absolute Gasteiger partial charge is 0.354 e. The van der Waals surface area contributed by atoms with Gasteiger partial charge in [0.05, 0.1) is 11.7 Å². The molecule has 1 unspecified atom stereocenters. The van der Waals surface area contributed by atoms with Crippen molar-refractivity contribution in [3.8, 4) is 5.69 Å². The molecule has 8 heteroatoms. The van der Waals surface area contributed by atoms with E-state index >= 15 is 0 Å². The third-order valence-electron chi connectivity index (χ3n) is 4.70. The molecule has 0 spiro atoms. The molecule has 1 atom stereocenters. The molecule has 0 radical (unpaired) electrons. The highest BCUT2D eigenvalue weighted by atomic mass is 16.1. The van der Waals surface area contributed by atoms with Crippen LogP contribution in [0.1, 0.15) is 30.6 Å². The van der Waals surface area contributed by atoms with Gasteiger partial charge in [-0.05, 0) is 43.1 Å². The fourth-order valence-electron chi connectivity index (χ4n) is 3.15. The zero-order valence-electron chi connectivity index (χ0n) is 16.6. The van der Waals surface area contributed by atoms with Crippen molar-refractivity contribution in [2.24, 2.45) is 16.5 Å². The lowest BCUT2D eigenvalue weighted by atomic mass is 10.1. The lowest BCUT2D eigenvalue weighted by Crippen LogP contribution is -2.24. The fraction of sp³-hybridized carbons (Fsp3) is 0.286. The normalized spacial score (nSPS) is 12.0. The summed E-state index contributed by atoms with van der Waals surface area (Å²) in [6.45, 7) is 7.29. The minimum absolute atomic E-state index is 0.00244. The van der Waals surface area contributed by atoms with E-state index in [-0.39, 0.29) is 17.7 Å². The van der Waals surface area contributed by atoms with Crippen LogP contribution in [-0.2, 0) is 6.42 Å². The summed E-state index contributed by atoms with van der Waals surface area (Å²) >= 11 is 0. The average Bonchev–Trinajstić information content (AvgIpc) is 3.12. The standard InChI is InChI=1S/C21H27N7O/c1-3-16-12-15-13-28(21(29)27-19(15)26-16)17-8-6-14(7-9-17)18(4-2)24-10-5-11-25-20(22)23/h4,6-9,12-13,18,24H,2-3,5,10-11H2,1H3,(H4,22,23,25)(H,26,27,29). The summed E-state index contributed by atoms with van der Waals surface area (Å²) in [5.74, 6) is 0.106. The Balaban J connectivity index is 1.74. The van der Waals surface area contributed by atoms with Crippen LogP contribution in [0.25, 0.3) is 16.7 Å². The Labute approximate surface area is 169 Å². The van der Waals surface area contributed by atoms with Crippen LogP contribution in [0.3, 0.4) is 0 Å². The maximum atomic E-state index is 12.4. The van der Waals surface area contributed by atoms with Crippen molar-refractivity contribution in [2.45, 2.75) is 25.8 Å². The molecular weight excluding hydrogens is 366 g/mol. The Kier molecular flexibility index (Phi) is 6.46. The summed E-state index contributed by atoms with van der Waals surface area (Å²) in [5, 5.41) is 4.32. The number of aryl methyl sites for hydroxylation is 1. The number of hydrogen-bond acceptors (Lipinski definition) is 4. The van der Waals surface area contributed by atoms with Crippen molar-refractivity contribution in [2.75, 3.05) is 13.1 Å². The number of nitrogens with zero attached hydrogens (tertiary/aromatic N) is 3. The number of guanidine groups is 1. The van der Waals surface area contributed by atoms with Crippen LogP contribution in [-0.4, -0.2) is 33.6 Å². The predicted molar refractivity (Wildman–Crippen MR) is 117 cm³/mol. The van der Waals surface area contributed by atoms with Gasteiger partial charge in [-0.15, -0.1) is 6.58 Å². The molecule has 0 aliphatic rings. The van der Waals surface area contributed by atoms with Gasteiger partial charge in [0.1, 0.15) is 5.65 Å². The summed E-state index contributed by atoms with van der Waals surface area (Å²) in [6, 6.07) is 9.81. The van der Waals surface area contributed by atoms with E-state index in [1.807, 2.05) is 42.6 Å². The Hall–Kier alpha value is -3.39. The molecule has 0 saturated heterocycles. The zero-order chi connectivity index (χ0) is 20.8. The molecule has 0 aliphatic heterocycles. The topological polar surface area (TPSA) is 127 Å². The first-order chi connectivity index (χ1) is 14.0. The summed E-state index contributed by atoms with van der Waals surface area (Å²) in [7, 11) is 0. The Bertz CT molecular complexity index is 1060. The van der Waals surface area contributed by atoms with Crippen LogP contribution < -0.4 is 22.5 Å². The molecule has 1 aromatic carbocycles.